The third-order valence-electron chi connectivity index (χ3n) is 4.39. The summed E-state index contributed by atoms with van der Waals surface area (Å²) in [7, 11) is 0. The largest absolute Gasteiger partial charge is 0.457 e. The van der Waals surface area contributed by atoms with Gasteiger partial charge in [0.05, 0.1) is 0 Å². The van der Waals surface area contributed by atoms with E-state index in [1.807, 2.05) is 6.92 Å². The molecule has 0 amide bonds. The Balaban J connectivity index is 1.97. The van der Waals surface area contributed by atoms with Gasteiger partial charge in [0.25, 0.3) is 0 Å². The number of alkyl halides is 1. The zero-order valence-electron chi connectivity index (χ0n) is 12.8. The van der Waals surface area contributed by atoms with Crippen LogP contribution in [0.15, 0.2) is 12.1 Å². The van der Waals surface area contributed by atoms with Crippen LogP contribution in [0.4, 0.5) is 13.2 Å². The van der Waals surface area contributed by atoms with Crippen molar-refractivity contribution in [2.45, 2.75) is 51.4 Å². The summed E-state index contributed by atoms with van der Waals surface area (Å²) in [5.41, 5.74) is 0.646. The van der Waals surface area contributed by atoms with E-state index in [1.54, 1.807) is 0 Å². The van der Waals surface area contributed by atoms with E-state index in [9.17, 15) is 13.2 Å². The topological polar surface area (TPSA) is 9.23 Å². The number of hydrogen-bond acceptors (Lipinski definition) is 1. The molecule has 0 unspecified atom stereocenters. The predicted molar refractivity (Wildman–Crippen MR) is 80.3 cm³/mol. The average Bonchev–Trinajstić information content (AvgIpc) is 2.52. The van der Waals surface area contributed by atoms with Crippen LogP contribution in [0.5, 0.6) is 5.75 Å². The summed E-state index contributed by atoms with van der Waals surface area (Å²) >= 11 is 0. The zero-order valence-corrected chi connectivity index (χ0v) is 12.8. The number of ether oxygens (including phenoxy) is 1. The minimum absolute atomic E-state index is 0.164. The summed E-state index contributed by atoms with van der Waals surface area (Å²) in [5, 5.41) is 0. The lowest BCUT2D eigenvalue weighted by Crippen LogP contribution is -2.14. The molecule has 1 aliphatic rings. The Hall–Kier alpha value is -1.63. The van der Waals surface area contributed by atoms with Gasteiger partial charge in [0, 0.05) is 6.42 Å². The molecule has 1 aromatic carbocycles. The van der Waals surface area contributed by atoms with E-state index in [-0.39, 0.29) is 5.92 Å². The first kappa shape index (κ1) is 16.7. The van der Waals surface area contributed by atoms with Crippen LogP contribution in [0.25, 0.3) is 0 Å². The smallest absolute Gasteiger partial charge is 0.228 e. The lowest BCUT2D eigenvalue weighted by Gasteiger charge is -2.28. The molecule has 0 saturated heterocycles. The lowest BCUT2D eigenvalue weighted by molar-refractivity contribution is 0.176. The molecule has 1 fully saturated rings. The number of rotatable bonds is 5. The van der Waals surface area contributed by atoms with Crippen LogP contribution < -0.4 is 4.74 Å². The molecule has 0 atom stereocenters. The SMILES string of the molecule is CC#CCCC1CCC(c2cc(F)c(OCF)c(F)c2)CC1. The Labute approximate surface area is 129 Å². The average molecular weight is 310 g/mol. The minimum Gasteiger partial charge on any atom is -0.457 e. The van der Waals surface area contributed by atoms with Crippen molar-refractivity contribution < 1.29 is 17.9 Å². The summed E-state index contributed by atoms with van der Waals surface area (Å²) in [6.45, 7) is 0.606. The third kappa shape index (κ3) is 4.19. The molecule has 0 radical (unpaired) electrons. The number of hydrogen-bond donors (Lipinski definition) is 0. The molecular weight excluding hydrogens is 289 g/mol. The van der Waals surface area contributed by atoms with Crippen LogP contribution in [0.3, 0.4) is 0 Å². The van der Waals surface area contributed by atoms with Gasteiger partial charge in [-0.3, -0.25) is 0 Å². The fraction of sp³-hybridized carbons (Fsp3) is 0.556. The van der Waals surface area contributed by atoms with Crippen molar-refractivity contribution in [3.05, 3.63) is 29.3 Å². The highest BCUT2D eigenvalue weighted by Crippen LogP contribution is 2.39. The Morgan fingerprint density at radius 2 is 1.77 bits per heavy atom. The standard InChI is InChI=1S/C18H21F3O/c1-2-3-4-5-13-6-8-14(9-7-13)15-10-16(20)18(22-12-19)17(21)11-15/h10-11,13-14H,4-9,12H2,1H3. The molecule has 0 heterocycles. The van der Waals surface area contributed by atoms with Crippen LogP contribution in [0.2, 0.25) is 0 Å². The maximum Gasteiger partial charge on any atom is 0.228 e. The van der Waals surface area contributed by atoms with Crippen molar-refractivity contribution in [1.29, 1.82) is 0 Å². The Kier molecular flexibility index (Phi) is 6.18. The molecule has 0 spiro atoms. The zero-order chi connectivity index (χ0) is 15.9. The monoisotopic (exact) mass is 310 g/mol. The fourth-order valence-electron chi connectivity index (χ4n) is 3.19. The van der Waals surface area contributed by atoms with Crippen molar-refractivity contribution in [2.24, 2.45) is 5.92 Å². The first-order chi connectivity index (χ1) is 10.7. The Morgan fingerprint density at radius 3 is 2.32 bits per heavy atom. The highest BCUT2D eigenvalue weighted by atomic mass is 19.1. The maximum absolute atomic E-state index is 13.8. The first-order valence-electron chi connectivity index (χ1n) is 7.73. The molecule has 22 heavy (non-hydrogen) atoms. The Morgan fingerprint density at radius 1 is 1.14 bits per heavy atom. The third-order valence-corrected chi connectivity index (χ3v) is 4.39. The molecule has 0 aliphatic heterocycles. The van der Waals surface area contributed by atoms with Gasteiger partial charge in [-0.15, -0.1) is 11.8 Å². The van der Waals surface area contributed by atoms with Crippen molar-refractivity contribution in [3.8, 4) is 17.6 Å². The van der Waals surface area contributed by atoms with Gasteiger partial charge in [-0.1, -0.05) is 0 Å². The molecule has 1 nitrogen and oxygen atoms in total. The van der Waals surface area contributed by atoms with Gasteiger partial charge in [0.2, 0.25) is 6.86 Å². The van der Waals surface area contributed by atoms with Gasteiger partial charge in [-0.2, -0.15) is 0 Å². The normalized spacial score (nSPS) is 21.1. The van der Waals surface area contributed by atoms with E-state index in [4.69, 9.17) is 0 Å². The summed E-state index contributed by atoms with van der Waals surface area (Å²) in [6.07, 6.45) is 5.98. The Bertz CT molecular complexity index is 528. The van der Waals surface area contributed by atoms with Gasteiger partial charge < -0.3 is 4.74 Å². The highest BCUT2D eigenvalue weighted by Gasteiger charge is 2.24. The van der Waals surface area contributed by atoms with Crippen molar-refractivity contribution in [1.82, 2.24) is 0 Å². The van der Waals surface area contributed by atoms with Gasteiger partial charge in [-0.05, 0) is 68.6 Å². The second-order valence-corrected chi connectivity index (χ2v) is 5.75. The van der Waals surface area contributed by atoms with E-state index in [0.717, 1.165) is 38.5 Å². The second-order valence-electron chi connectivity index (χ2n) is 5.75. The van der Waals surface area contributed by atoms with Crippen LogP contribution in [0, 0.1) is 29.4 Å². The molecule has 120 valence electrons. The molecule has 1 aromatic rings. The molecule has 1 saturated carbocycles. The van der Waals surface area contributed by atoms with E-state index >= 15 is 0 Å². The molecular formula is C18H21F3O. The molecule has 1 aliphatic carbocycles. The first-order valence-corrected chi connectivity index (χ1v) is 7.73. The van der Waals surface area contributed by atoms with Crippen LogP contribution in [-0.4, -0.2) is 6.86 Å². The number of benzene rings is 1. The molecule has 0 N–H and O–H groups in total. The van der Waals surface area contributed by atoms with Crippen LogP contribution >= 0.6 is 0 Å². The van der Waals surface area contributed by atoms with Crippen molar-refractivity contribution in [2.75, 3.05) is 6.86 Å². The van der Waals surface area contributed by atoms with E-state index in [0.29, 0.717) is 11.5 Å². The van der Waals surface area contributed by atoms with Crippen molar-refractivity contribution >= 4 is 0 Å². The van der Waals surface area contributed by atoms with Gasteiger partial charge in [0.15, 0.2) is 17.4 Å². The second kappa shape index (κ2) is 8.12. The minimum atomic E-state index is -1.24. The van der Waals surface area contributed by atoms with Crippen LogP contribution in [-0.2, 0) is 0 Å². The quantitative estimate of drug-likeness (QED) is 0.666. The molecule has 0 bridgehead atoms. The number of halogens is 3. The van der Waals surface area contributed by atoms with Gasteiger partial charge >= 0.3 is 0 Å². The molecule has 4 heteroatoms. The fourth-order valence-corrected chi connectivity index (χ4v) is 3.19. The van der Waals surface area contributed by atoms with Gasteiger partial charge in [-0.25, -0.2) is 13.2 Å². The van der Waals surface area contributed by atoms with Crippen molar-refractivity contribution in [3.63, 3.8) is 0 Å². The summed E-state index contributed by atoms with van der Waals surface area (Å²) < 4.78 is 44.0. The van der Waals surface area contributed by atoms with E-state index in [1.165, 1.54) is 12.1 Å². The predicted octanol–water partition coefficient (Wildman–Crippen LogP) is 5.35. The molecule has 0 aromatic heterocycles. The van der Waals surface area contributed by atoms with E-state index < -0.39 is 24.2 Å². The maximum atomic E-state index is 13.8. The summed E-state index contributed by atoms with van der Waals surface area (Å²) in [5.74, 6) is 4.51. The highest BCUT2D eigenvalue weighted by molar-refractivity contribution is 5.33. The molecule has 2 rings (SSSR count). The van der Waals surface area contributed by atoms with E-state index in [2.05, 4.69) is 16.6 Å². The lowest BCUT2D eigenvalue weighted by atomic mass is 9.77. The summed E-state index contributed by atoms with van der Waals surface area (Å²) in [6, 6.07) is 2.56. The van der Waals surface area contributed by atoms with Gasteiger partial charge in [0.1, 0.15) is 0 Å². The van der Waals surface area contributed by atoms with Crippen LogP contribution in [0.1, 0.15) is 56.9 Å². The summed E-state index contributed by atoms with van der Waals surface area (Å²) in [4.78, 5) is 0.